The first-order valence-corrected chi connectivity index (χ1v) is 7.13. The van der Waals surface area contributed by atoms with Crippen molar-refractivity contribution < 1.29 is 9.90 Å². The van der Waals surface area contributed by atoms with E-state index in [2.05, 4.69) is 20.8 Å². The lowest BCUT2D eigenvalue weighted by atomic mass is 10.1. The molecule has 1 amide bonds. The molecule has 3 aromatic rings. The Morgan fingerprint density at radius 2 is 1.87 bits per heavy atom. The minimum Gasteiger partial charge on any atom is -0.506 e. The van der Waals surface area contributed by atoms with E-state index in [1.54, 1.807) is 12.1 Å². The molecule has 0 unspecified atom stereocenters. The van der Waals surface area contributed by atoms with Crippen molar-refractivity contribution in [2.24, 2.45) is 0 Å². The molecule has 0 bridgehead atoms. The predicted molar refractivity (Wildman–Crippen MR) is 85.2 cm³/mol. The minimum absolute atomic E-state index is 0.0966. The summed E-state index contributed by atoms with van der Waals surface area (Å²) in [5.41, 5.74) is 0.878. The first-order valence-electron chi connectivity index (χ1n) is 6.37. The molecule has 0 aliphatic rings. The van der Waals surface area contributed by atoms with E-state index in [1.807, 2.05) is 0 Å². The number of phenolic OH excluding ortho intramolecular Hbond substituents is 1. The molecule has 0 spiro atoms. The third kappa shape index (κ3) is 3.25. The van der Waals surface area contributed by atoms with Crippen LogP contribution in [0.1, 0.15) is 10.4 Å². The van der Waals surface area contributed by atoms with Gasteiger partial charge in [-0.2, -0.15) is 4.68 Å². The van der Waals surface area contributed by atoms with Gasteiger partial charge < -0.3 is 10.4 Å². The van der Waals surface area contributed by atoms with Crippen LogP contribution in [0.2, 0.25) is 10.0 Å². The van der Waals surface area contributed by atoms with Crippen LogP contribution in [0.5, 0.6) is 5.75 Å². The quantitative estimate of drug-likeness (QED) is 0.709. The molecule has 0 fully saturated rings. The maximum Gasteiger partial charge on any atom is 0.257 e. The second kappa shape index (κ2) is 6.23. The van der Waals surface area contributed by atoms with Crippen molar-refractivity contribution in [3.63, 3.8) is 0 Å². The number of rotatable bonds is 3. The van der Waals surface area contributed by atoms with Gasteiger partial charge in [-0.15, -0.1) is 5.10 Å². The Bertz CT molecular complexity index is 868. The average Bonchev–Trinajstić information content (AvgIpc) is 3.05. The summed E-state index contributed by atoms with van der Waals surface area (Å²) in [5.74, 6) is -0.564. The summed E-state index contributed by atoms with van der Waals surface area (Å²) >= 11 is 11.8. The highest BCUT2D eigenvalue weighted by Crippen LogP contribution is 2.28. The van der Waals surface area contributed by atoms with Crippen LogP contribution in [0.15, 0.2) is 42.7 Å². The van der Waals surface area contributed by atoms with Crippen LogP contribution < -0.4 is 5.32 Å². The van der Waals surface area contributed by atoms with Crippen molar-refractivity contribution in [1.82, 2.24) is 20.2 Å². The minimum atomic E-state index is -0.468. The monoisotopic (exact) mass is 349 g/mol. The lowest BCUT2D eigenvalue weighted by molar-refractivity contribution is 0.102. The third-order valence-corrected chi connectivity index (χ3v) is 3.48. The van der Waals surface area contributed by atoms with Crippen molar-refractivity contribution in [2.45, 2.75) is 0 Å². The summed E-state index contributed by atoms with van der Waals surface area (Å²) in [6.45, 7) is 0. The number of tetrazole rings is 1. The van der Waals surface area contributed by atoms with E-state index in [4.69, 9.17) is 23.2 Å². The Kier molecular flexibility index (Phi) is 4.14. The van der Waals surface area contributed by atoms with Gasteiger partial charge in [-0.25, -0.2) is 0 Å². The first-order chi connectivity index (χ1) is 11.0. The summed E-state index contributed by atoms with van der Waals surface area (Å²) in [6.07, 6.45) is 1.35. The molecule has 9 heteroatoms. The molecule has 0 aliphatic carbocycles. The molecule has 2 N–H and O–H groups in total. The van der Waals surface area contributed by atoms with E-state index in [1.165, 1.54) is 35.3 Å². The fourth-order valence-electron chi connectivity index (χ4n) is 1.96. The SMILES string of the molecule is O=C(Nc1cc(Cl)ccc1O)c1ccc(Cl)cc1-n1cnnn1. The summed E-state index contributed by atoms with van der Waals surface area (Å²) in [4.78, 5) is 12.5. The number of aromatic hydroxyl groups is 1. The van der Waals surface area contributed by atoms with E-state index in [9.17, 15) is 9.90 Å². The molecule has 0 radical (unpaired) electrons. The Hall–Kier alpha value is -2.64. The largest absolute Gasteiger partial charge is 0.506 e. The van der Waals surface area contributed by atoms with Crippen molar-refractivity contribution in [3.05, 3.63) is 58.3 Å². The molecule has 3 rings (SSSR count). The number of nitrogens with zero attached hydrogens (tertiary/aromatic N) is 4. The number of hydrogen-bond acceptors (Lipinski definition) is 5. The lowest BCUT2D eigenvalue weighted by Crippen LogP contribution is -2.15. The van der Waals surface area contributed by atoms with Gasteiger partial charge in [0.05, 0.1) is 16.9 Å². The second-order valence-electron chi connectivity index (χ2n) is 4.53. The van der Waals surface area contributed by atoms with Gasteiger partial charge in [0.1, 0.15) is 12.1 Å². The van der Waals surface area contributed by atoms with Gasteiger partial charge in [-0.3, -0.25) is 4.79 Å². The Morgan fingerprint density at radius 1 is 1.13 bits per heavy atom. The van der Waals surface area contributed by atoms with E-state index in [0.717, 1.165) is 0 Å². The summed E-state index contributed by atoms with van der Waals surface area (Å²) in [6, 6.07) is 9.02. The molecule has 1 heterocycles. The topological polar surface area (TPSA) is 92.9 Å². The van der Waals surface area contributed by atoms with Crippen molar-refractivity contribution in [1.29, 1.82) is 0 Å². The Labute approximate surface area is 140 Å². The van der Waals surface area contributed by atoms with Crippen molar-refractivity contribution >= 4 is 34.8 Å². The van der Waals surface area contributed by atoms with Crippen LogP contribution in [-0.2, 0) is 0 Å². The van der Waals surface area contributed by atoms with Crippen LogP contribution in [0, 0.1) is 0 Å². The van der Waals surface area contributed by atoms with Gasteiger partial charge in [0.25, 0.3) is 5.91 Å². The zero-order valence-electron chi connectivity index (χ0n) is 11.4. The van der Waals surface area contributed by atoms with Gasteiger partial charge in [-0.1, -0.05) is 23.2 Å². The van der Waals surface area contributed by atoms with E-state index in [0.29, 0.717) is 15.7 Å². The molecule has 0 saturated carbocycles. The summed E-state index contributed by atoms with van der Waals surface area (Å²) in [5, 5.41) is 24.0. The van der Waals surface area contributed by atoms with Gasteiger partial charge in [0.15, 0.2) is 0 Å². The number of hydrogen-bond donors (Lipinski definition) is 2. The van der Waals surface area contributed by atoms with Crippen molar-refractivity contribution in [2.75, 3.05) is 5.32 Å². The Morgan fingerprint density at radius 3 is 2.61 bits per heavy atom. The fraction of sp³-hybridized carbons (Fsp3) is 0. The molecule has 0 atom stereocenters. The molecular formula is C14H9Cl2N5O2. The predicted octanol–water partition coefficient (Wildman–Crippen LogP) is 2.93. The number of nitrogens with one attached hydrogen (secondary N) is 1. The molecule has 116 valence electrons. The number of anilines is 1. The second-order valence-corrected chi connectivity index (χ2v) is 5.40. The molecular weight excluding hydrogens is 341 g/mol. The fourth-order valence-corrected chi connectivity index (χ4v) is 2.29. The first kappa shape index (κ1) is 15.3. The number of halogens is 2. The number of benzene rings is 2. The third-order valence-electron chi connectivity index (χ3n) is 3.01. The van der Waals surface area contributed by atoms with Crippen LogP contribution in [-0.4, -0.2) is 31.2 Å². The number of amides is 1. The Balaban J connectivity index is 1.98. The van der Waals surface area contributed by atoms with Crippen molar-refractivity contribution in [3.8, 4) is 11.4 Å². The maximum atomic E-state index is 12.5. The maximum absolute atomic E-state index is 12.5. The molecule has 0 saturated heterocycles. The lowest BCUT2D eigenvalue weighted by Gasteiger charge is -2.11. The molecule has 2 aromatic carbocycles. The normalized spacial score (nSPS) is 10.5. The van der Waals surface area contributed by atoms with Crippen LogP contribution >= 0.6 is 23.2 Å². The van der Waals surface area contributed by atoms with E-state index < -0.39 is 5.91 Å². The molecule has 7 nitrogen and oxygen atoms in total. The van der Waals surface area contributed by atoms with E-state index in [-0.39, 0.29) is 17.0 Å². The highest BCUT2D eigenvalue weighted by molar-refractivity contribution is 6.31. The van der Waals surface area contributed by atoms with Crippen LogP contribution in [0.3, 0.4) is 0 Å². The summed E-state index contributed by atoms with van der Waals surface area (Å²) < 4.78 is 1.32. The zero-order chi connectivity index (χ0) is 16.4. The highest BCUT2D eigenvalue weighted by Gasteiger charge is 2.16. The van der Waals surface area contributed by atoms with Crippen LogP contribution in [0.4, 0.5) is 5.69 Å². The molecule has 0 aliphatic heterocycles. The molecule has 23 heavy (non-hydrogen) atoms. The standard InChI is InChI=1S/C14H9Cl2N5O2/c15-8-2-4-13(22)11(5-8)18-14(23)10-3-1-9(16)6-12(10)21-7-17-19-20-21/h1-7,22H,(H,18,23). The number of carbonyl (C=O) groups is 1. The average molecular weight is 350 g/mol. The zero-order valence-corrected chi connectivity index (χ0v) is 13.0. The molecule has 1 aromatic heterocycles. The van der Waals surface area contributed by atoms with Gasteiger partial charge in [0, 0.05) is 10.0 Å². The van der Waals surface area contributed by atoms with Crippen LogP contribution in [0.25, 0.3) is 5.69 Å². The van der Waals surface area contributed by atoms with Gasteiger partial charge >= 0.3 is 0 Å². The number of carbonyl (C=O) groups excluding carboxylic acids is 1. The number of aromatic nitrogens is 4. The smallest absolute Gasteiger partial charge is 0.257 e. The van der Waals surface area contributed by atoms with E-state index >= 15 is 0 Å². The van der Waals surface area contributed by atoms with Gasteiger partial charge in [-0.05, 0) is 46.8 Å². The number of phenols is 1. The van der Waals surface area contributed by atoms with Gasteiger partial charge in [0.2, 0.25) is 0 Å². The highest BCUT2D eigenvalue weighted by atomic mass is 35.5. The summed E-state index contributed by atoms with van der Waals surface area (Å²) in [7, 11) is 0.